The van der Waals surface area contributed by atoms with Crippen molar-refractivity contribution in [3.8, 4) is 5.75 Å². The number of aromatic hydroxyl groups is 1. The third-order valence-corrected chi connectivity index (χ3v) is 2.08. The fourth-order valence-corrected chi connectivity index (χ4v) is 1.15. The average Bonchev–Trinajstić information content (AvgIpc) is 2.20. The van der Waals surface area contributed by atoms with Crippen LogP contribution in [-0.4, -0.2) is 17.9 Å². The summed E-state index contributed by atoms with van der Waals surface area (Å²) in [4.78, 5) is 4.99. The average molecular weight is 228 g/mol. The van der Waals surface area contributed by atoms with Crippen molar-refractivity contribution in [2.75, 3.05) is 6.61 Å². The maximum atomic E-state index is 9.46. The highest BCUT2D eigenvalue weighted by atomic mass is 35.5. The molecule has 1 rings (SSSR count). The second-order valence-corrected chi connectivity index (χ2v) is 3.56. The van der Waals surface area contributed by atoms with Crippen LogP contribution in [0.5, 0.6) is 5.75 Å². The maximum absolute atomic E-state index is 9.46. The highest BCUT2D eigenvalue weighted by molar-refractivity contribution is 6.30. The summed E-state index contributed by atoms with van der Waals surface area (Å²) in [6.07, 6.45) is 3.52. The van der Waals surface area contributed by atoms with E-state index in [4.69, 9.17) is 16.4 Å². The van der Waals surface area contributed by atoms with E-state index in [1.807, 2.05) is 0 Å². The van der Waals surface area contributed by atoms with Crippen LogP contribution in [0.25, 0.3) is 0 Å². The van der Waals surface area contributed by atoms with Crippen LogP contribution in [0.2, 0.25) is 5.02 Å². The number of phenolic OH excluding ortho intramolecular Hbond substituents is 1. The van der Waals surface area contributed by atoms with Gasteiger partial charge in [0.05, 0.1) is 6.21 Å². The van der Waals surface area contributed by atoms with Crippen LogP contribution >= 0.6 is 11.6 Å². The first-order chi connectivity index (χ1) is 7.24. The van der Waals surface area contributed by atoms with E-state index in [2.05, 4.69) is 12.1 Å². The molecule has 0 atom stereocenters. The minimum Gasteiger partial charge on any atom is -0.507 e. The second-order valence-electron chi connectivity index (χ2n) is 3.12. The van der Waals surface area contributed by atoms with E-state index in [1.54, 1.807) is 12.1 Å². The number of halogens is 1. The number of rotatable bonds is 5. The molecule has 0 unspecified atom stereocenters. The molecular weight excluding hydrogens is 214 g/mol. The molecule has 0 aromatic heterocycles. The Labute approximate surface area is 94.3 Å². The van der Waals surface area contributed by atoms with Gasteiger partial charge in [-0.2, -0.15) is 0 Å². The summed E-state index contributed by atoms with van der Waals surface area (Å²) < 4.78 is 0. The molecule has 0 aliphatic rings. The van der Waals surface area contributed by atoms with Gasteiger partial charge in [-0.05, 0) is 24.6 Å². The molecule has 0 heterocycles. The molecule has 3 nitrogen and oxygen atoms in total. The first-order valence-electron chi connectivity index (χ1n) is 4.88. The summed E-state index contributed by atoms with van der Waals surface area (Å²) >= 11 is 5.68. The zero-order valence-electron chi connectivity index (χ0n) is 8.61. The molecule has 0 radical (unpaired) electrons. The van der Waals surface area contributed by atoms with Gasteiger partial charge in [-0.15, -0.1) is 0 Å². The first kappa shape index (κ1) is 11.9. The molecule has 0 bridgehead atoms. The first-order valence-corrected chi connectivity index (χ1v) is 5.25. The number of benzene rings is 1. The Kier molecular flexibility index (Phi) is 4.98. The van der Waals surface area contributed by atoms with Gasteiger partial charge < -0.3 is 9.94 Å². The normalized spacial score (nSPS) is 10.8. The Morgan fingerprint density at radius 1 is 1.53 bits per heavy atom. The summed E-state index contributed by atoms with van der Waals surface area (Å²) in [6, 6.07) is 4.84. The predicted octanol–water partition coefficient (Wildman–Crippen LogP) is 3.20. The monoisotopic (exact) mass is 227 g/mol. The number of nitrogens with zero attached hydrogens (tertiary/aromatic N) is 1. The van der Waals surface area contributed by atoms with Crippen molar-refractivity contribution in [3.05, 3.63) is 28.8 Å². The molecule has 1 aromatic rings. The lowest BCUT2D eigenvalue weighted by Crippen LogP contribution is -1.88. The van der Waals surface area contributed by atoms with E-state index in [0.717, 1.165) is 12.8 Å². The van der Waals surface area contributed by atoms with Crippen molar-refractivity contribution in [1.29, 1.82) is 0 Å². The molecule has 0 saturated heterocycles. The van der Waals surface area contributed by atoms with Crippen molar-refractivity contribution >= 4 is 17.8 Å². The lowest BCUT2D eigenvalue weighted by atomic mass is 10.2. The number of unbranched alkanes of at least 4 members (excludes halogenated alkanes) is 1. The molecule has 0 aliphatic carbocycles. The molecule has 4 heteroatoms. The lowest BCUT2D eigenvalue weighted by molar-refractivity contribution is 0.142. The summed E-state index contributed by atoms with van der Waals surface area (Å²) in [5.41, 5.74) is 0.593. The molecule has 1 N–H and O–H groups in total. The molecule has 0 spiro atoms. The quantitative estimate of drug-likeness (QED) is 0.477. The van der Waals surface area contributed by atoms with Crippen molar-refractivity contribution in [2.45, 2.75) is 19.8 Å². The Hall–Kier alpha value is -1.22. The highest BCUT2D eigenvalue weighted by Gasteiger charge is 1.98. The number of oxime groups is 1. The topological polar surface area (TPSA) is 41.8 Å². The molecule has 0 saturated carbocycles. The highest BCUT2D eigenvalue weighted by Crippen LogP contribution is 2.20. The molecule has 15 heavy (non-hydrogen) atoms. The predicted molar refractivity (Wildman–Crippen MR) is 61.6 cm³/mol. The SMILES string of the molecule is CCCCO/N=C/c1ccc(Cl)cc1O. The molecule has 0 fully saturated rings. The number of phenols is 1. The molecule has 82 valence electrons. The van der Waals surface area contributed by atoms with Crippen LogP contribution in [0.4, 0.5) is 0 Å². The number of hydrogen-bond acceptors (Lipinski definition) is 3. The van der Waals surface area contributed by atoms with Gasteiger partial charge >= 0.3 is 0 Å². The van der Waals surface area contributed by atoms with E-state index in [9.17, 15) is 5.11 Å². The Morgan fingerprint density at radius 2 is 2.33 bits per heavy atom. The second kappa shape index (κ2) is 6.30. The smallest absolute Gasteiger partial charge is 0.125 e. The van der Waals surface area contributed by atoms with Gasteiger partial charge in [0.1, 0.15) is 12.4 Å². The molecule has 0 aliphatic heterocycles. The van der Waals surface area contributed by atoms with Gasteiger partial charge in [0.25, 0.3) is 0 Å². The van der Waals surface area contributed by atoms with Gasteiger partial charge in [0.15, 0.2) is 0 Å². The minimum absolute atomic E-state index is 0.102. The summed E-state index contributed by atoms with van der Waals surface area (Å²) in [7, 11) is 0. The Morgan fingerprint density at radius 3 is 3.00 bits per heavy atom. The Bertz CT molecular complexity index is 339. The third-order valence-electron chi connectivity index (χ3n) is 1.85. The summed E-state index contributed by atoms with van der Waals surface area (Å²) in [6.45, 7) is 2.68. The van der Waals surface area contributed by atoms with Crippen molar-refractivity contribution in [3.63, 3.8) is 0 Å². The lowest BCUT2D eigenvalue weighted by Gasteiger charge is -1.99. The van der Waals surface area contributed by atoms with E-state index < -0.39 is 0 Å². The van der Waals surface area contributed by atoms with E-state index >= 15 is 0 Å². The van der Waals surface area contributed by atoms with E-state index in [1.165, 1.54) is 12.3 Å². The zero-order chi connectivity index (χ0) is 11.1. The van der Waals surface area contributed by atoms with Crippen LogP contribution in [-0.2, 0) is 4.84 Å². The van der Waals surface area contributed by atoms with Crippen LogP contribution in [0.1, 0.15) is 25.3 Å². The van der Waals surface area contributed by atoms with Crippen molar-refractivity contribution in [2.24, 2.45) is 5.16 Å². The van der Waals surface area contributed by atoms with Crippen molar-refractivity contribution in [1.82, 2.24) is 0 Å². The van der Waals surface area contributed by atoms with E-state index in [-0.39, 0.29) is 5.75 Å². The maximum Gasteiger partial charge on any atom is 0.125 e. The van der Waals surface area contributed by atoms with Gasteiger partial charge in [-0.1, -0.05) is 30.1 Å². The molecule has 1 aromatic carbocycles. The fraction of sp³-hybridized carbons (Fsp3) is 0.364. The largest absolute Gasteiger partial charge is 0.507 e. The minimum atomic E-state index is 0.102. The molecular formula is C11H14ClNO2. The van der Waals surface area contributed by atoms with Crippen LogP contribution in [0.3, 0.4) is 0 Å². The van der Waals surface area contributed by atoms with Gasteiger partial charge in [-0.3, -0.25) is 0 Å². The van der Waals surface area contributed by atoms with Gasteiger partial charge in [0.2, 0.25) is 0 Å². The van der Waals surface area contributed by atoms with Crippen LogP contribution < -0.4 is 0 Å². The summed E-state index contributed by atoms with van der Waals surface area (Å²) in [5.74, 6) is 0.102. The zero-order valence-corrected chi connectivity index (χ0v) is 9.37. The summed E-state index contributed by atoms with van der Waals surface area (Å²) in [5, 5.41) is 13.7. The number of hydrogen-bond donors (Lipinski definition) is 1. The fourth-order valence-electron chi connectivity index (χ4n) is 0.982. The third kappa shape index (κ3) is 4.21. The Balaban J connectivity index is 2.49. The van der Waals surface area contributed by atoms with Crippen LogP contribution in [0.15, 0.2) is 23.4 Å². The standard InChI is InChI=1S/C11H14ClNO2/c1-2-3-6-15-13-8-9-4-5-10(12)7-11(9)14/h4-5,7-8,14H,2-3,6H2,1H3/b13-8+. The van der Waals surface area contributed by atoms with E-state index in [0.29, 0.717) is 17.2 Å². The van der Waals surface area contributed by atoms with Gasteiger partial charge in [0, 0.05) is 10.6 Å². The van der Waals surface area contributed by atoms with Crippen molar-refractivity contribution < 1.29 is 9.94 Å². The molecule has 0 amide bonds. The van der Waals surface area contributed by atoms with Crippen LogP contribution in [0, 0.1) is 0 Å². The van der Waals surface area contributed by atoms with Gasteiger partial charge in [-0.25, -0.2) is 0 Å².